The number of benzene rings is 2. The minimum absolute atomic E-state index is 0. The molecule has 0 aromatic heterocycles. The highest BCUT2D eigenvalue weighted by Gasteiger charge is 2.21. The molecule has 3 N–H and O–H groups in total. The third-order valence-corrected chi connectivity index (χ3v) is 4.98. The molecule has 2 unspecified atom stereocenters. The second kappa shape index (κ2) is 12.8. The Hall–Kier alpha value is -2.00. The number of halogens is 1. The molecule has 0 radical (unpaired) electrons. The van der Waals surface area contributed by atoms with E-state index in [0.717, 1.165) is 43.2 Å². The molecule has 0 saturated heterocycles. The Kier molecular flexibility index (Phi) is 10.4. The molecule has 170 valence electrons. The van der Waals surface area contributed by atoms with Crippen molar-refractivity contribution >= 4 is 29.9 Å². The summed E-state index contributed by atoms with van der Waals surface area (Å²) in [6.07, 6.45) is 0.365. The predicted octanol–water partition coefficient (Wildman–Crippen LogP) is 4.25. The van der Waals surface area contributed by atoms with Gasteiger partial charge in [0.2, 0.25) is 0 Å². The van der Waals surface area contributed by atoms with E-state index in [1.807, 2.05) is 63.2 Å². The minimum atomic E-state index is -0.694. The summed E-state index contributed by atoms with van der Waals surface area (Å²) in [4.78, 5) is 4.59. The van der Waals surface area contributed by atoms with Gasteiger partial charge < -0.3 is 25.2 Å². The van der Waals surface area contributed by atoms with Crippen LogP contribution in [0.5, 0.6) is 11.5 Å². The van der Waals surface area contributed by atoms with Gasteiger partial charge >= 0.3 is 0 Å². The zero-order chi connectivity index (χ0) is 21.3. The number of ether oxygens (including phenoxy) is 2. The number of hydrogen-bond donors (Lipinski definition) is 3. The van der Waals surface area contributed by atoms with Gasteiger partial charge in [0.05, 0.1) is 25.4 Å². The summed E-state index contributed by atoms with van der Waals surface area (Å²) in [6.45, 7) is 8.51. The van der Waals surface area contributed by atoms with E-state index in [2.05, 4.69) is 21.7 Å². The van der Waals surface area contributed by atoms with Gasteiger partial charge in [0, 0.05) is 19.0 Å². The van der Waals surface area contributed by atoms with Crippen LogP contribution in [0, 0.1) is 0 Å². The van der Waals surface area contributed by atoms with E-state index in [0.29, 0.717) is 11.9 Å². The van der Waals surface area contributed by atoms with Crippen LogP contribution in [-0.4, -0.2) is 43.4 Å². The summed E-state index contributed by atoms with van der Waals surface area (Å²) >= 11 is 0. The second-order valence-corrected chi connectivity index (χ2v) is 7.73. The lowest BCUT2D eigenvalue weighted by Crippen LogP contribution is -2.40. The van der Waals surface area contributed by atoms with Crippen molar-refractivity contribution in [2.45, 2.75) is 45.3 Å². The Balaban J connectivity index is 0.00000341. The van der Waals surface area contributed by atoms with Crippen molar-refractivity contribution in [2.75, 3.05) is 26.2 Å². The topological polar surface area (TPSA) is 75.1 Å². The highest BCUT2D eigenvalue weighted by molar-refractivity contribution is 14.0. The highest BCUT2D eigenvalue weighted by atomic mass is 127. The Morgan fingerprint density at radius 2 is 2.00 bits per heavy atom. The number of aliphatic hydroxyl groups is 1. The fourth-order valence-corrected chi connectivity index (χ4v) is 3.54. The molecule has 1 aliphatic rings. The second-order valence-electron chi connectivity index (χ2n) is 7.73. The molecule has 0 bridgehead atoms. The molecule has 0 aliphatic carbocycles. The van der Waals surface area contributed by atoms with Gasteiger partial charge in [-0.3, -0.25) is 4.99 Å². The van der Waals surface area contributed by atoms with Crippen LogP contribution < -0.4 is 20.1 Å². The van der Waals surface area contributed by atoms with Gasteiger partial charge in [-0.2, -0.15) is 0 Å². The van der Waals surface area contributed by atoms with Crippen molar-refractivity contribution in [3.8, 4) is 11.5 Å². The van der Waals surface area contributed by atoms with Crippen LogP contribution >= 0.6 is 24.0 Å². The van der Waals surface area contributed by atoms with Crippen molar-refractivity contribution in [1.82, 2.24) is 10.6 Å². The van der Waals surface area contributed by atoms with Gasteiger partial charge in [-0.25, -0.2) is 0 Å². The highest BCUT2D eigenvalue weighted by Crippen LogP contribution is 2.32. The molecule has 1 aliphatic heterocycles. The van der Waals surface area contributed by atoms with Crippen molar-refractivity contribution in [1.29, 1.82) is 0 Å². The summed E-state index contributed by atoms with van der Waals surface area (Å²) in [5, 5.41) is 17.3. The van der Waals surface area contributed by atoms with Crippen molar-refractivity contribution in [3.63, 3.8) is 0 Å². The molecular weight excluding hydrogens is 505 g/mol. The summed E-state index contributed by atoms with van der Waals surface area (Å²) in [6, 6.07) is 15.8. The molecule has 3 rings (SSSR count). The van der Waals surface area contributed by atoms with Gasteiger partial charge in [-0.05, 0) is 56.5 Å². The first-order valence-corrected chi connectivity index (χ1v) is 10.8. The summed E-state index contributed by atoms with van der Waals surface area (Å²) < 4.78 is 11.5. The third-order valence-electron chi connectivity index (χ3n) is 4.98. The summed E-state index contributed by atoms with van der Waals surface area (Å²) in [5.74, 6) is 2.80. The van der Waals surface area contributed by atoms with E-state index < -0.39 is 6.10 Å². The van der Waals surface area contributed by atoms with E-state index >= 15 is 0 Å². The number of para-hydroxylation sites is 1. The first-order valence-electron chi connectivity index (χ1n) is 10.8. The van der Waals surface area contributed by atoms with Crippen LogP contribution in [0.3, 0.4) is 0 Å². The Morgan fingerprint density at radius 3 is 2.77 bits per heavy atom. The average Bonchev–Trinajstić information content (AvgIpc) is 2.75. The zero-order valence-electron chi connectivity index (χ0n) is 18.5. The average molecular weight is 539 g/mol. The quantitative estimate of drug-likeness (QED) is 0.266. The fourth-order valence-electron chi connectivity index (χ4n) is 3.54. The monoisotopic (exact) mass is 539 g/mol. The van der Waals surface area contributed by atoms with Crippen LogP contribution in [0.4, 0.5) is 0 Å². The number of aliphatic hydroxyl groups excluding tert-OH is 1. The van der Waals surface area contributed by atoms with Gasteiger partial charge in [-0.15, -0.1) is 24.0 Å². The molecule has 1 heterocycles. The van der Waals surface area contributed by atoms with Gasteiger partial charge in [0.1, 0.15) is 11.5 Å². The van der Waals surface area contributed by atoms with Crippen LogP contribution in [-0.2, 0) is 0 Å². The molecule has 0 fully saturated rings. The number of nitrogens with one attached hydrogen (secondary N) is 2. The Morgan fingerprint density at radius 1 is 1.19 bits per heavy atom. The fraction of sp³-hybridized carbons (Fsp3) is 0.458. The molecule has 6 nitrogen and oxygen atoms in total. The zero-order valence-corrected chi connectivity index (χ0v) is 20.8. The number of hydrogen-bond acceptors (Lipinski definition) is 4. The van der Waals surface area contributed by atoms with Crippen LogP contribution in [0.15, 0.2) is 53.5 Å². The number of aliphatic imine (C=N–C) groups is 1. The number of rotatable bonds is 8. The first-order chi connectivity index (χ1) is 14.6. The Labute approximate surface area is 202 Å². The molecule has 7 heteroatoms. The van der Waals surface area contributed by atoms with Gasteiger partial charge in [0.25, 0.3) is 0 Å². The summed E-state index contributed by atoms with van der Waals surface area (Å²) in [7, 11) is 0. The number of guanidine groups is 1. The van der Waals surface area contributed by atoms with Crippen LogP contribution in [0.1, 0.15) is 50.3 Å². The smallest absolute Gasteiger partial charge is 0.191 e. The number of nitrogens with zero attached hydrogens (tertiary/aromatic N) is 1. The third kappa shape index (κ3) is 7.57. The largest absolute Gasteiger partial charge is 0.493 e. The predicted molar refractivity (Wildman–Crippen MR) is 136 cm³/mol. The van der Waals surface area contributed by atoms with E-state index in [-0.39, 0.29) is 36.6 Å². The van der Waals surface area contributed by atoms with Crippen molar-refractivity contribution < 1.29 is 14.6 Å². The minimum Gasteiger partial charge on any atom is -0.493 e. The van der Waals surface area contributed by atoms with E-state index in [9.17, 15) is 5.11 Å². The molecule has 2 aromatic rings. The lowest BCUT2D eigenvalue weighted by molar-refractivity contribution is 0.185. The molecule has 0 spiro atoms. The normalized spacial score (nSPS) is 16.5. The Bertz CT molecular complexity index is 844. The maximum absolute atomic E-state index is 10.6. The van der Waals surface area contributed by atoms with Crippen molar-refractivity contribution in [3.05, 3.63) is 59.7 Å². The molecular formula is C24H34IN3O3. The van der Waals surface area contributed by atoms with E-state index in [1.165, 1.54) is 5.56 Å². The molecule has 0 amide bonds. The maximum atomic E-state index is 10.6. The van der Waals surface area contributed by atoms with Crippen molar-refractivity contribution in [2.24, 2.45) is 4.99 Å². The molecule has 2 atom stereocenters. The standard InChI is InChI=1S/C24H33N3O3.HI/c1-4-25-24(26-15-19-12-13-29-23-11-6-5-10-21(19)23)27-16-22(28)18-8-7-9-20(14-18)30-17(2)3;/h5-11,14,17,19,22,28H,4,12-13,15-16H2,1-3H3,(H2,25,26,27);1H. The van der Waals surface area contributed by atoms with Crippen LogP contribution in [0.25, 0.3) is 0 Å². The van der Waals surface area contributed by atoms with Crippen LogP contribution in [0.2, 0.25) is 0 Å². The first kappa shape index (κ1) is 25.3. The lowest BCUT2D eigenvalue weighted by atomic mass is 9.93. The van der Waals surface area contributed by atoms with E-state index in [4.69, 9.17) is 9.47 Å². The SMILES string of the molecule is CCNC(=NCC(O)c1cccc(OC(C)C)c1)NCC1CCOc2ccccc21.I. The maximum Gasteiger partial charge on any atom is 0.191 e. The van der Waals surface area contributed by atoms with Gasteiger partial charge in [-0.1, -0.05) is 30.3 Å². The summed E-state index contributed by atoms with van der Waals surface area (Å²) in [5.41, 5.74) is 2.03. The van der Waals surface area contributed by atoms with E-state index in [1.54, 1.807) is 0 Å². The molecule has 0 saturated carbocycles. The molecule has 31 heavy (non-hydrogen) atoms. The molecule has 2 aromatic carbocycles. The van der Waals surface area contributed by atoms with Gasteiger partial charge in [0.15, 0.2) is 5.96 Å². The number of fused-ring (bicyclic) bond motifs is 1. The lowest BCUT2D eigenvalue weighted by Gasteiger charge is -2.26.